The summed E-state index contributed by atoms with van der Waals surface area (Å²) in [4.78, 5) is 12.6. The fourth-order valence-electron chi connectivity index (χ4n) is 3.23. The van der Waals surface area contributed by atoms with E-state index < -0.39 is 6.10 Å². The molecule has 1 aliphatic carbocycles. The van der Waals surface area contributed by atoms with Gasteiger partial charge in [0, 0.05) is 28.1 Å². The predicted octanol–water partition coefficient (Wildman–Crippen LogP) is 3.57. The van der Waals surface area contributed by atoms with Crippen LogP contribution in [0.3, 0.4) is 0 Å². The molecule has 1 aliphatic heterocycles. The second kappa shape index (κ2) is 4.33. The molecule has 1 heterocycles. The number of fused-ring (bicyclic) bond motifs is 4. The summed E-state index contributed by atoms with van der Waals surface area (Å²) in [6.07, 6.45) is -0.532. The van der Waals surface area contributed by atoms with Crippen LogP contribution in [0.25, 0.3) is 16.5 Å². The molecular formula is C17H13ClO3. The lowest BCUT2D eigenvalue weighted by molar-refractivity contribution is 0.0800. The summed E-state index contributed by atoms with van der Waals surface area (Å²) >= 11 is 6.06. The second-order valence-electron chi connectivity index (χ2n) is 5.61. The maximum atomic E-state index is 12.6. The zero-order valence-electron chi connectivity index (χ0n) is 11.4. The minimum atomic E-state index is -1.11. The third-order valence-corrected chi connectivity index (χ3v) is 4.41. The molecule has 106 valence electrons. The summed E-state index contributed by atoms with van der Waals surface area (Å²) < 4.78 is 5.82. The van der Waals surface area contributed by atoms with Crippen molar-refractivity contribution < 1.29 is 14.6 Å². The quantitative estimate of drug-likeness (QED) is 0.809. The van der Waals surface area contributed by atoms with Gasteiger partial charge in [0.1, 0.15) is 11.9 Å². The van der Waals surface area contributed by atoms with Crippen molar-refractivity contribution in [3.63, 3.8) is 0 Å². The number of rotatable bonds is 0. The number of carbonyl (C=O) groups is 1. The lowest BCUT2D eigenvalue weighted by Gasteiger charge is -2.22. The van der Waals surface area contributed by atoms with E-state index in [1.165, 1.54) is 0 Å². The molecule has 0 saturated carbocycles. The molecule has 4 rings (SSSR count). The van der Waals surface area contributed by atoms with Gasteiger partial charge in [0.2, 0.25) is 0 Å². The van der Waals surface area contributed by atoms with Crippen molar-refractivity contribution in [1.29, 1.82) is 0 Å². The maximum Gasteiger partial charge on any atom is 0.196 e. The van der Waals surface area contributed by atoms with Crippen LogP contribution in [0.15, 0.2) is 35.9 Å². The molecule has 2 aliphatic rings. The minimum absolute atomic E-state index is 0.0153. The third kappa shape index (κ3) is 1.74. The Morgan fingerprint density at radius 3 is 2.86 bits per heavy atom. The molecule has 0 amide bonds. The van der Waals surface area contributed by atoms with Crippen LogP contribution < -0.4 is 0 Å². The highest BCUT2D eigenvalue weighted by Crippen LogP contribution is 2.42. The highest BCUT2D eigenvalue weighted by Gasteiger charge is 2.39. The van der Waals surface area contributed by atoms with Crippen molar-refractivity contribution in [1.82, 2.24) is 0 Å². The summed E-state index contributed by atoms with van der Waals surface area (Å²) in [5.41, 5.74) is 1.97. The number of ether oxygens (including phenoxy) is 1. The lowest BCUT2D eigenvalue weighted by atomic mass is 9.84. The van der Waals surface area contributed by atoms with Gasteiger partial charge < -0.3 is 9.84 Å². The molecule has 0 radical (unpaired) electrons. The molecule has 1 N–H and O–H groups in total. The number of carbonyl (C=O) groups excluding carboxylic acids is 1. The van der Waals surface area contributed by atoms with Crippen LogP contribution in [-0.2, 0) is 4.74 Å². The van der Waals surface area contributed by atoms with Gasteiger partial charge in [0.15, 0.2) is 5.78 Å². The van der Waals surface area contributed by atoms with Crippen LogP contribution in [0.1, 0.15) is 29.3 Å². The molecule has 2 aromatic rings. The van der Waals surface area contributed by atoms with E-state index in [9.17, 15) is 9.90 Å². The van der Waals surface area contributed by atoms with Crippen molar-refractivity contribution in [3.8, 4) is 0 Å². The molecule has 2 unspecified atom stereocenters. The Morgan fingerprint density at radius 1 is 1.29 bits per heavy atom. The minimum Gasteiger partial charge on any atom is -0.490 e. The van der Waals surface area contributed by atoms with E-state index in [-0.39, 0.29) is 11.9 Å². The van der Waals surface area contributed by atoms with E-state index in [2.05, 4.69) is 0 Å². The van der Waals surface area contributed by atoms with Gasteiger partial charge in [-0.25, -0.2) is 0 Å². The summed E-state index contributed by atoms with van der Waals surface area (Å²) in [6.45, 7) is 1.94. The van der Waals surface area contributed by atoms with E-state index in [4.69, 9.17) is 16.3 Å². The number of ketones is 1. The standard InChI is InChI=1S/C17H13ClO3/c1-8-6-13-15(19)16(20)14-11(17(13)21-8)5-3-9-2-4-10(18)7-12(9)14/h2-5,7-8,15,19H,6H2,1H3. The van der Waals surface area contributed by atoms with Crippen molar-refractivity contribution >= 4 is 33.9 Å². The molecule has 0 bridgehead atoms. The molecular weight excluding hydrogens is 288 g/mol. The van der Waals surface area contributed by atoms with E-state index in [1.54, 1.807) is 12.1 Å². The topological polar surface area (TPSA) is 46.5 Å². The zero-order valence-corrected chi connectivity index (χ0v) is 12.1. The summed E-state index contributed by atoms with van der Waals surface area (Å²) in [7, 11) is 0. The number of halogens is 1. The van der Waals surface area contributed by atoms with Crippen molar-refractivity contribution in [2.75, 3.05) is 0 Å². The highest BCUT2D eigenvalue weighted by molar-refractivity contribution is 6.31. The van der Waals surface area contributed by atoms with E-state index in [1.807, 2.05) is 25.1 Å². The Morgan fingerprint density at radius 2 is 2.05 bits per heavy atom. The number of aliphatic hydroxyl groups is 1. The average Bonchev–Trinajstić information content (AvgIpc) is 2.85. The van der Waals surface area contributed by atoms with Gasteiger partial charge in [-0.2, -0.15) is 0 Å². The smallest absolute Gasteiger partial charge is 0.196 e. The summed E-state index contributed by atoms with van der Waals surface area (Å²) in [5.74, 6) is 0.390. The molecule has 0 spiro atoms. The molecule has 2 atom stereocenters. The number of hydrogen-bond donors (Lipinski definition) is 1. The average molecular weight is 301 g/mol. The van der Waals surface area contributed by atoms with Gasteiger partial charge in [0.05, 0.1) is 6.10 Å². The van der Waals surface area contributed by atoms with Crippen LogP contribution in [0.4, 0.5) is 0 Å². The van der Waals surface area contributed by atoms with Crippen LogP contribution in [0, 0.1) is 0 Å². The molecule has 2 aromatic carbocycles. The first-order chi connectivity index (χ1) is 10.1. The Hall–Kier alpha value is -1.84. The zero-order chi connectivity index (χ0) is 14.7. The summed E-state index contributed by atoms with van der Waals surface area (Å²) in [5, 5.41) is 12.6. The largest absolute Gasteiger partial charge is 0.490 e. The Kier molecular flexibility index (Phi) is 2.65. The van der Waals surface area contributed by atoms with Crippen LogP contribution in [0.5, 0.6) is 0 Å². The Balaban J connectivity index is 2.07. The third-order valence-electron chi connectivity index (χ3n) is 4.17. The number of hydrogen-bond acceptors (Lipinski definition) is 3. The number of Topliss-reactive ketones (excluding diaryl/α,β-unsaturated/α-hetero) is 1. The molecule has 0 fully saturated rings. The molecule has 0 aromatic heterocycles. The van der Waals surface area contributed by atoms with Crippen molar-refractivity contribution in [3.05, 3.63) is 52.1 Å². The van der Waals surface area contributed by atoms with Crippen molar-refractivity contribution in [2.45, 2.75) is 25.6 Å². The van der Waals surface area contributed by atoms with Crippen LogP contribution in [0.2, 0.25) is 5.02 Å². The SMILES string of the molecule is CC1CC2=C(O1)c1ccc3ccc(Cl)cc3c1C(=O)C2O. The summed E-state index contributed by atoms with van der Waals surface area (Å²) in [6, 6.07) is 9.28. The molecule has 4 heteroatoms. The van der Waals surface area contributed by atoms with Gasteiger partial charge in [0.25, 0.3) is 0 Å². The van der Waals surface area contributed by atoms with Gasteiger partial charge in [-0.3, -0.25) is 4.79 Å². The number of aliphatic hydroxyl groups excluding tert-OH is 1. The second-order valence-corrected chi connectivity index (χ2v) is 6.04. The van der Waals surface area contributed by atoms with E-state index >= 15 is 0 Å². The number of benzene rings is 2. The first-order valence-electron chi connectivity index (χ1n) is 6.91. The molecule has 21 heavy (non-hydrogen) atoms. The first kappa shape index (κ1) is 12.9. The lowest BCUT2D eigenvalue weighted by Crippen LogP contribution is -2.27. The fourth-order valence-corrected chi connectivity index (χ4v) is 3.41. The van der Waals surface area contributed by atoms with E-state index in [0.29, 0.717) is 28.3 Å². The van der Waals surface area contributed by atoms with Gasteiger partial charge in [-0.15, -0.1) is 0 Å². The van der Waals surface area contributed by atoms with Gasteiger partial charge >= 0.3 is 0 Å². The Labute approximate surface area is 126 Å². The molecule has 3 nitrogen and oxygen atoms in total. The van der Waals surface area contributed by atoms with Crippen molar-refractivity contribution in [2.24, 2.45) is 0 Å². The van der Waals surface area contributed by atoms with E-state index in [0.717, 1.165) is 16.3 Å². The van der Waals surface area contributed by atoms with Crippen LogP contribution in [-0.4, -0.2) is 23.1 Å². The maximum absolute atomic E-state index is 12.6. The Bertz CT molecular complexity index is 822. The molecule has 0 saturated heterocycles. The highest BCUT2D eigenvalue weighted by atomic mass is 35.5. The predicted molar refractivity (Wildman–Crippen MR) is 81.4 cm³/mol. The normalized spacial score (nSPS) is 24.0. The monoisotopic (exact) mass is 300 g/mol. The van der Waals surface area contributed by atoms with Gasteiger partial charge in [-0.05, 0) is 35.9 Å². The van der Waals surface area contributed by atoms with Crippen LogP contribution >= 0.6 is 11.6 Å². The van der Waals surface area contributed by atoms with Gasteiger partial charge in [-0.1, -0.05) is 23.7 Å². The first-order valence-corrected chi connectivity index (χ1v) is 7.28. The fraction of sp³-hybridized carbons (Fsp3) is 0.235.